The smallest absolute Gasteiger partial charge is 0.126 e. The zero-order valence-corrected chi connectivity index (χ0v) is 11.8. The molecule has 0 radical (unpaired) electrons. The Morgan fingerprint density at radius 1 is 1.28 bits per heavy atom. The van der Waals surface area contributed by atoms with Gasteiger partial charge in [0.25, 0.3) is 0 Å². The van der Waals surface area contributed by atoms with Crippen LogP contribution in [0.15, 0.2) is 17.5 Å². The zero-order chi connectivity index (χ0) is 12.6. The lowest BCUT2D eigenvalue weighted by molar-refractivity contribution is -0.902. The molecule has 2 heterocycles. The predicted octanol–water partition coefficient (Wildman–Crippen LogP) is 1.08. The maximum Gasteiger partial charge on any atom is 0.126 e. The molecule has 1 fully saturated rings. The van der Waals surface area contributed by atoms with E-state index in [1.807, 2.05) is 6.07 Å². The van der Waals surface area contributed by atoms with Gasteiger partial charge in [-0.15, -0.1) is 11.3 Å². The molecular formula is C14H24NO2S+. The van der Waals surface area contributed by atoms with E-state index in [1.165, 1.54) is 43.6 Å². The minimum Gasteiger partial charge on any atom is -0.385 e. The second-order valence-corrected chi connectivity index (χ2v) is 6.15. The summed E-state index contributed by atoms with van der Waals surface area (Å²) in [4.78, 5) is 2.77. The summed E-state index contributed by atoms with van der Waals surface area (Å²) >= 11 is 1.70. The van der Waals surface area contributed by atoms with Gasteiger partial charge in [-0.2, -0.15) is 0 Å². The van der Waals surface area contributed by atoms with E-state index in [0.717, 1.165) is 6.54 Å². The van der Waals surface area contributed by atoms with E-state index >= 15 is 0 Å². The van der Waals surface area contributed by atoms with Gasteiger partial charge in [0.1, 0.15) is 12.6 Å². The third-order valence-corrected chi connectivity index (χ3v) is 4.32. The van der Waals surface area contributed by atoms with E-state index in [9.17, 15) is 5.11 Å². The third-order valence-electron chi connectivity index (χ3n) is 3.47. The predicted molar refractivity (Wildman–Crippen MR) is 74.0 cm³/mol. The third kappa shape index (κ3) is 5.06. The number of hydrogen-bond acceptors (Lipinski definition) is 3. The summed E-state index contributed by atoms with van der Waals surface area (Å²) in [6.07, 6.45) is 5.00. The van der Waals surface area contributed by atoms with Crippen LogP contribution in [-0.4, -0.2) is 37.5 Å². The van der Waals surface area contributed by atoms with Gasteiger partial charge in [-0.25, -0.2) is 0 Å². The van der Waals surface area contributed by atoms with Crippen LogP contribution in [0.3, 0.4) is 0 Å². The Morgan fingerprint density at radius 2 is 2.06 bits per heavy atom. The molecule has 2 rings (SSSR count). The lowest BCUT2D eigenvalue weighted by Gasteiger charge is -2.20. The molecule has 2 N–H and O–H groups in total. The van der Waals surface area contributed by atoms with Crippen molar-refractivity contribution < 1.29 is 14.7 Å². The first kappa shape index (κ1) is 14.0. The van der Waals surface area contributed by atoms with Crippen LogP contribution in [0, 0.1) is 0 Å². The topological polar surface area (TPSA) is 33.9 Å². The van der Waals surface area contributed by atoms with E-state index in [2.05, 4.69) is 11.4 Å². The Kier molecular flexibility index (Phi) is 6.14. The first-order valence-electron chi connectivity index (χ1n) is 6.96. The van der Waals surface area contributed by atoms with Crippen molar-refractivity contribution >= 4 is 11.3 Å². The van der Waals surface area contributed by atoms with Crippen LogP contribution in [0.5, 0.6) is 0 Å². The Hall–Kier alpha value is -0.420. The van der Waals surface area contributed by atoms with Gasteiger partial charge in [0, 0.05) is 4.88 Å². The molecule has 0 aromatic carbocycles. The molecule has 0 amide bonds. The van der Waals surface area contributed by atoms with Crippen LogP contribution >= 0.6 is 11.3 Å². The van der Waals surface area contributed by atoms with Crippen LogP contribution in [0.25, 0.3) is 0 Å². The van der Waals surface area contributed by atoms with Crippen LogP contribution < -0.4 is 4.90 Å². The van der Waals surface area contributed by atoms with Crippen molar-refractivity contribution in [2.24, 2.45) is 0 Å². The summed E-state index contributed by atoms with van der Waals surface area (Å²) in [5.74, 6) is 0. The highest BCUT2D eigenvalue weighted by Crippen LogP contribution is 2.09. The van der Waals surface area contributed by atoms with Crippen molar-refractivity contribution in [1.82, 2.24) is 0 Å². The van der Waals surface area contributed by atoms with Gasteiger partial charge in [0.05, 0.1) is 26.3 Å². The number of ether oxygens (including phenoxy) is 1. The fourth-order valence-corrected chi connectivity index (χ4v) is 3.16. The van der Waals surface area contributed by atoms with E-state index in [1.54, 1.807) is 16.2 Å². The van der Waals surface area contributed by atoms with Gasteiger partial charge in [-0.05, 0) is 37.1 Å². The number of aliphatic hydroxyl groups is 1. The summed E-state index contributed by atoms with van der Waals surface area (Å²) in [6.45, 7) is 4.35. The molecule has 1 saturated heterocycles. The van der Waals surface area contributed by atoms with Crippen molar-refractivity contribution in [2.75, 3.05) is 26.2 Å². The van der Waals surface area contributed by atoms with E-state index in [0.29, 0.717) is 13.2 Å². The summed E-state index contributed by atoms with van der Waals surface area (Å²) < 4.78 is 5.56. The van der Waals surface area contributed by atoms with E-state index < -0.39 is 0 Å². The quantitative estimate of drug-likeness (QED) is 0.811. The number of quaternary nitrogens is 1. The highest BCUT2D eigenvalue weighted by Gasteiger charge is 2.16. The molecule has 18 heavy (non-hydrogen) atoms. The Morgan fingerprint density at radius 3 is 2.72 bits per heavy atom. The molecule has 1 aromatic rings. The highest BCUT2D eigenvalue weighted by atomic mass is 32.1. The molecule has 0 spiro atoms. The number of hydrogen-bond donors (Lipinski definition) is 2. The average molecular weight is 270 g/mol. The van der Waals surface area contributed by atoms with Crippen LogP contribution in [0.4, 0.5) is 0 Å². The summed E-state index contributed by atoms with van der Waals surface area (Å²) in [6, 6.07) is 4.10. The molecule has 1 aliphatic rings. The molecule has 1 aliphatic heterocycles. The summed E-state index contributed by atoms with van der Waals surface area (Å²) in [5.41, 5.74) is 0. The second kappa shape index (κ2) is 7.89. The van der Waals surface area contributed by atoms with E-state index in [4.69, 9.17) is 4.74 Å². The van der Waals surface area contributed by atoms with Gasteiger partial charge in [0.2, 0.25) is 0 Å². The summed E-state index contributed by atoms with van der Waals surface area (Å²) in [5, 5.41) is 12.0. The van der Waals surface area contributed by atoms with Crippen LogP contribution in [0.2, 0.25) is 0 Å². The average Bonchev–Trinajstić information content (AvgIpc) is 2.74. The van der Waals surface area contributed by atoms with Gasteiger partial charge in [-0.1, -0.05) is 6.07 Å². The SMILES string of the molecule is O[C@H](COCc1cccs1)C[NH+]1CCCCCC1. The lowest BCUT2D eigenvalue weighted by atomic mass is 10.2. The molecule has 0 bridgehead atoms. The molecule has 0 aliphatic carbocycles. The zero-order valence-electron chi connectivity index (χ0n) is 10.9. The normalized spacial score (nSPS) is 19.6. The Balaban J connectivity index is 1.60. The minimum absolute atomic E-state index is 0.321. The molecule has 0 saturated carbocycles. The first-order chi connectivity index (χ1) is 8.84. The number of rotatable bonds is 6. The highest BCUT2D eigenvalue weighted by molar-refractivity contribution is 7.09. The van der Waals surface area contributed by atoms with Gasteiger partial charge in [0.15, 0.2) is 0 Å². The number of likely N-dealkylation sites (tertiary alicyclic amines) is 1. The molecule has 1 atom stereocenters. The molecule has 1 aromatic heterocycles. The fourth-order valence-electron chi connectivity index (χ4n) is 2.52. The molecule has 3 nitrogen and oxygen atoms in total. The molecule has 102 valence electrons. The Bertz CT molecular complexity index is 308. The maximum absolute atomic E-state index is 9.98. The summed E-state index contributed by atoms with van der Waals surface area (Å²) in [7, 11) is 0. The molecular weight excluding hydrogens is 246 g/mol. The second-order valence-electron chi connectivity index (χ2n) is 5.12. The van der Waals surface area contributed by atoms with Gasteiger partial charge >= 0.3 is 0 Å². The fraction of sp³-hybridized carbons (Fsp3) is 0.714. The number of thiophene rings is 1. The van der Waals surface area contributed by atoms with E-state index in [-0.39, 0.29) is 6.10 Å². The number of nitrogens with one attached hydrogen (secondary N) is 1. The van der Waals surface area contributed by atoms with Crippen molar-refractivity contribution in [2.45, 2.75) is 38.4 Å². The van der Waals surface area contributed by atoms with Crippen LogP contribution in [0.1, 0.15) is 30.6 Å². The largest absolute Gasteiger partial charge is 0.385 e. The maximum atomic E-state index is 9.98. The molecule has 4 heteroatoms. The molecule has 0 unspecified atom stereocenters. The van der Waals surface area contributed by atoms with Crippen molar-refractivity contribution in [3.63, 3.8) is 0 Å². The van der Waals surface area contributed by atoms with Crippen LogP contribution in [-0.2, 0) is 11.3 Å². The standard InChI is InChI=1S/C14H23NO2S/c16-13(10-15-7-3-1-2-4-8-15)11-17-12-14-6-5-9-18-14/h5-6,9,13,16H,1-4,7-8,10-12H2/p+1/t13-/m0/s1. The number of aliphatic hydroxyl groups excluding tert-OH is 1. The van der Waals surface area contributed by atoms with Crippen molar-refractivity contribution in [3.8, 4) is 0 Å². The van der Waals surface area contributed by atoms with Gasteiger partial charge in [-0.3, -0.25) is 0 Å². The first-order valence-corrected chi connectivity index (χ1v) is 7.84. The lowest BCUT2D eigenvalue weighted by Crippen LogP contribution is -3.13. The monoisotopic (exact) mass is 270 g/mol. The van der Waals surface area contributed by atoms with Crippen molar-refractivity contribution in [1.29, 1.82) is 0 Å². The van der Waals surface area contributed by atoms with Crippen molar-refractivity contribution in [3.05, 3.63) is 22.4 Å². The minimum atomic E-state index is -0.321. The van der Waals surface area contributed by atoms with Gasteiger partial charge < -0.3 is 14.7 Å². The Labute approximate surface area is 113 Å².